The number of methoxy groups -OCH3 is 1. The van der Waals surface area contributed by atoms with Gasteiger partial charge in [0.15, 0.2) is 18.9 Å². The van der Waals surface area contributed by atoms with Crippen LogP contribution in [0.15, 0.2) is 11.6 Å². The highest BCUT2D eigenvalue weighted by Crippen LogP contribution is 2.70. The Hall–Kier alpha value is -1.92. The average Bonchev–Trinajstić information content (AvgIpc) is 3.76. The summed E-state index contributed by atoms with van der Waals surface area (Å²) in [6.07, 6.45) is -10.6. The number of hydrogen-bond acceptors (Lipinski definition) is 19. The third-order valence-corrected chi connectivity index (χ3v) is 16.7. The van der Waals surface area contributed by atoms with Crippen molar-refractivity contribution in [3.8, 4) is 0 Å². The Morgan fingerprint density at radius 2 is 1.51 bits per heavy atom. The number of cyclic esters (lactones) is 1. The summed E-state index contributed by atoms with van der Waals surface area (Å²) < 4.78 is 52.9. The topological polar surface area (TPSA) is 279 Å². The number of hydrogen-bond donors (Lipinski definition) is 8. The molecular formula is C44H68O19. The standard InChI is InChI=1S/C44H68O19/c1-19-39(63-41-38(52)36(50)34(48)29(62-41)18-56-17-28-33(47)35(49)37(51)40(53)61-28)26(55-5)14-31(58-19)60-23-8-10-42(3)22(13-23)6-7-25-24(42)9-11-43(4)32(21-12-30(46)57-16-21)27(59-20(2)45)15-44(25,43)54/h12,19,22-29,31-41,47-54H,6-11,13-18H2,1-5H3/t19-,22-,23+,24+,25-,26+,27+,28-,29-,31+,32-,33-,34-,35+,36+,37-,38-,39-,40-,41+,42+,43-,44+/m1/s1. The van der Waals surface area contributed by atoms with Gasteiger partial charge in [-0.1, -0.05) is 13.8 Å². The Morgan fingerprint density at radius 3 is 2.17 bits per heavy atom. The van der Waals surface area contributed by atoms with E-state index in [4.69, 9.17) is 42.6 Å². The van der Waals surface area contributed by atoms with Gasteiger partial charge < -0.3 is 83.5 Å². The molecule has 4 aliphatic heterocycles. The van der Waals surface area contributed by atoms with Crippen LogP contribution in [0.4, 0.5) is 0 Å². The summed E-state index contributed by atoms with van der Waals surface area (Å²) in [6.45, 7) is 7.07. The lowest BCUT2D eigenvalue weighted by molar-refractivity contribution is -0.347. The van der Waals surface area contributed by atoms with Gasteiger partial charge in [-0.25, -0.2) is 4.79 Å². The van der Waals surface area contributed by atoms with E-state index >= 15 is 0 Å². The van der Waals surface area contributed by atoms with Gasteiger partial charge in [-0.15, -0.1) is 0 Å². The van der Waals surface area contributed by atoms with Gasteiger partial charge in [-0.3, -0.25) is 4.79 Å². The molecule has 4 saturated carbocycles. The van der Waals surface area contributed by atoms with Crippen LogP contribution in [0.2, 0.25) is 0 Å². The second-order valence-corrected chi connectivity index (χ2v) is 20.0. The number of esters is 2. The molecule has 0 aromatic heterocycles. The maximum Gasteiger partial charge on any atom is 0.331 e. The quantitative estimate of drug-likeness (QED) is 0.0943. The maximum absolute atomic E-state index is 12.9. The number of carbonyl (C=O) groups is 2. The molecule has 8 rings (SSSR count). The van der Waals surface area contributed by atoms with Crippen molar-refractivity contribution in [1.82, 2.24) is 0 Å². The number of aliphatic hydroxyl groups is 8. The summed E-state index contributed by atoms with van der Waals surface area (Å²) in [5.41, 5.74) is -0.932. The van der Waals surface area contributed by atoms with E-state index in [1.807, 2.05) is 0 Å². The number of rotatable bonds is 11. The number of aliphatic hydroxyl groups excluding tert-OH is 7. The van der Waals surface area contributed by atoms with Crippen molar-refractivity contribution in [2.45, 2.75) is 189 Å². The van der Waals surface area contributed by atoms with Crippen molar-refractivity contribution in [1.29, 1.82) is 0 Å². The van der Waals surface area contributed by atoms with E-state index < -0.39 is 115 Å². The Labute approximate surface area is 366 Å². The maximum atomic E-state index is 12.9. The summed E-state index contributed by atoms with van der Waals surface area (Å²) in [5.74, 6) is -0.510. The molecule has 0 bridgehead atoms. The molecule has 63 heavy (non-hydrogen) atoms. The third kappa shape index (κ3) is 8.54. The third-order valence-electron chi connectivity index (χ3n) is 16.7. The number of fused-ring (bicyclic) bond motifs is 5. The zero-order chi connectivity index (χ0) is 45.3. The lowest BCUT2D eigenvalue weighted by atomic mass is 9.43. The molecule has 4 aliphatic carbocycles. The van der Waals surface area contributed by atoms with Crippen LogP contribution in [-0.4, -0.2) is 184 Å². The monoisotopic (exact) mass is 900 g/mol. The first kappa shape index (κ1) is 47.6. The van der Waals surface area contributed by atoms with E-state index in [9.17, 15) is 50.4 Å². The molecule has 0 radical (unpaired) electrons. The van der Waals surface area contributed by atoms with Crippen molar-refractivity contribution in [2.75, 3.05) is 26.9 Å². The molecule has 0 aromatic carbocycles. The van der Waals surface area contributed by atoms with E-state index in [1.54, 1.807) is 6.92 Å². The van der Waals surface area contributed by atoms with Gasteiger partial charge in [0.1, 0.15) is 67.6 Å². The van der Waals surface area contributed by atoms with Crippen LogP contribution in [0.3, 0.4) is 0 Å². The molecule has 3 saturated heterocycles. The summed E-state index contributed by atoms with van der Waals surface area (Å²) in [5, 5.41) is 85.0. The molecule has 19 heteroatoms. The summed E-state index contributed by atoms with van der Waals surface area (Å²) in [4.78, 5) is 24.5. The fourth-order valence-electron chi connectivity index (χ4n) is 13.3. The van der Waals surface area contributed by atoms with Gasteiger partial charge in [0, 0.05) is 44.3 Å². The lowest BCUT2D eigenvalue weighted by Gasteiger charge is -2.63. The van der Waals surface area contributed by atoms with Crippen molar-refractivity contribution in [3.63, 3.8) is 0 Å². The van der Waals surface area contributed by atoms with Crippen molar-refractivity contribution in [2.24, 2.45) is 34.5 Å². The normalized spacial score (nSPS) is 52.3. The van der Waals surface area contributed by atoms with Crippen molar-refractivity contribution in [3.05, 3.63) is 11.6 Å². The second-order valence-electron chi connectivity index (χ2n) is 20.0. The molecule has 8 N–H and O–H groups in total. The Kier molecular flexibility index (Phi) is 13.8. The number of carbonyl (C=O) groups excluding carboxylic acids is 2. The molecule has 23 atom stereocenters. The second kappa shape index (κ2) is 18.3. The number of ether oxygens (including phenoxy) is 9. The van der Waals surface area contributed by atoms with Crippen LogP contribution >= 0.6 is 0 Å². The van der Waals surface area contributed by atoms with Crippen LogP contribution < -0.4 is 0 Å². The van der Waals surface area contributed by atoms with Gasteiger partial charge >= 0.3 is 11.9 Å². The minimum Gasteiger partial charge on any atom is -0.462 e. The van der Waals surface area contributed by atoms with Gasteiger partial charge in [0.05, 0.1) is 37.1 Å². The smallest absolute Gasteiger partial charge is 0.331 e. The van der Waals surface area contributed by atoms with E-state index in [1.165, 1.54) is 20.1 Å². The van der Waals surface area contributed by atoms with Gasteiger partial charge in [0.25, 0.3) is 0 Å². The summed E-state index contributed by atoms with van der Waals surface area (Å²) >= 11 is 0. The molecule has 8 aliphatic rings. The average molecular weight is 901 g/mol. The molecule has 4 heterocycles. The Morgan fingerprint density at radius 1 is 0.810 bits per heavy atom. The molecular weight excluding hydrogens is 832 g/mol. The molecule has 0 unspecified atom stereocenters. The van der Waals surface area contributed by atoms with Crippen molar-refractivity contribution >= 4 is 11.9 Å². The fraction of sp³-hybridized carbons (Fsp3) is 0.909. The van der Waals surface area contributed by atoms with E-state index in [2.05, 4.69) is 13.8 Å². The van der Waals surface area contributed by atoms with E-state index in [0.29, 0.717) is 18.8 Å². The molecule has 19 nitrogen and oxygen atoms in total. The predicted octanol–water partition coefficient (Wildman–Crippen LogP) is -0.671. The Balaban J connectivity index is 0.863. The Bertz CT molecular complexity index is 1680. The van der Waals surface area contributed by atoms with Crippen LogP contribution in [0.5, 0.6) is 0 Å². The highest BCUT2D eigenvalue weighted by molar-refractivity contribution is 5.85. The van der Waals surface area contributed by atoms with Crippen LogP contribution in [0.25, 0.3) is 0 Å². The van der Waals surface area contributed by atoms with E-state index in [-0.39, 0.29) is 49.1 Å². The highest BCUT2D eigenvalue weighted by Gasteiger charge is 2.71. The minimum atomic E-state index is -1.76. The van der Waals surface area contributed by atoms with Crippen LogP contribution in [0.1, 0.15) is 85.5 Å². The molecule has 0 amide bonds. The first-order chi connectivity index (χ1) is 29.8. The molecule has 358 valence electrons. The lowest BCUT2D eigenvalue weighted by Crippen LogP contribution is -2.62. The predicted molar refractivity (Wildman–Crippen MR) is 213 cm³/mol. The zero-order valence-corrected chi connectivity index (χ0v) is 36.7. The summed E-state index contributed by atoms with van der Waals surface area (Å²) in [7, 11) is 1.53. The first-order valence-electron chi connectivity index (χ1n) is 22.7. The van der Waals surface area contributed by atoms with Gasteiger partial charge in [-0.05, 0) is 80.6 Å². The minimum absolute atomic E-state index is 0.00317. The van der Waals surface area contributed by atoms with E-state index in [0.717, 1.165) is 50.5 Å². The highest BCUT2D eigenvalue weighted by atomic mass is 16.7. The van der Waals surface area contributed by atoms with Crippen LogP contribution in [0, 0.1) is 34.5 Å². The molecule has 0 spiro atoms. The molecule has 0 aromatic rings. The van der Waals surface area contributed by atoms with Crippen molar-refractivity contribution < 1.29 is 93.1 Å². The molecule has 7 fully saturated rings. The fourth-order valence-corrected chi connectivity index (χ4v) is 13.3. The summed E-state index contributed by atoms with van der Waals surface area (Å²) in [6, 6.07) is 0. The zero-order valence-electron chi connectivity index (χ0n) is 36.7. The largest absolute Gasteiger partial charge is 0.462 e. The van der Waals surface area contributed by atoms with Gasteiger partial charge in [0.2, 0.25) is 0 Å². The van der Waals surface area contributed by atoms with Gasteiger partial charge in [-0.2, -0.15) is 0 Å². The van der Waals surface area contributed by atoms with Crippen LogP contribution in [-0.2, 0) is 52.2 Å². The SMILES string of the molecule is CO[C@H]1C[C@H](O[C@H]2CC[C@@]3(C)[C@H](CC[C@@H]4[C@@H]3CC[C@]3(C)[C@H](C5=CC(=O)OC5)[C@@H](OC(C)=O)C[C@]43O)C2)O[C@H](C)[C@H]1O[C@@H]1O[C@H](COC[C@H]2O[C@@H](O)[C@H](O)[C@@H](O)[C@@H]2O)[C@@H](O)[C@H](O)[C@H]1O. The first-order valence-corrected chi connectivity index (χ1v) is 22.7.